The van der Waals surface area contributed by atoms with Gasteiger partial charge in [0.15, 0.2) is 0 Å². The second kappa shape index (κ2) is 11.1. The molecule has 5 nitrogen and oxygen atoms in total. The highest BCUT2D eigenvalue weighted by Gasteiger charge is 2.29. The van der Waals surface area contributed by atoms with Gasteiger partial charge in [0.05, 0.1) is 6.04 Å². The molecule has 170 valence electrons. The molecule has 0 bridgehead atoms. The first-order chi connectivity index (χ1) is 15.2. The number of allylic oxidation sites excluding steroid dienone is 4. The van der Waals surface area contributed by atoms with Crippen molar-refractivity contribution >= 4 is 11.8 Å². The summed E-state index contributed by atoms with van der Waals surface area (Å²) in [6.07, 6.45) is 19.4. The highest BCUT2D eigenvalue weighted by atomic mass is 15.3. The number of nitrogens with zero attached hydrogens (tertiary/aromatic N) is 4. The first-order valence-corrected chi connectivity index (χ1v) is 12.6. The van der Waals surface area contributed by atoms with Crippen LogP contribution in [0.3, 0.4) is 0 Å². The van der Waals surface area contributed by atoms with E-state index in [9.17, 15) is 0 Å². The Morgan fingerprint density at radius 2 is 1.97 bits per heavy atom. The van der Waals surface area contributed by atoms with Crippen molar-refractivity contribution in [2.24, 2.45) is 11.8 Å². The van der Waals surface area contributed by atoms with Crippen LogP contribution in [-0.4, -0.2) is 53.6 Å². The fraction of sp³-hybridized carbons (Fsp3) is 0.692. The molecule has 0 radical (unpaired) electrons. The summed E-state index contributed by atoms with van der Waals surface area (Å²) in [4.78, 5) is 14.3. The summed E-state index contributed by atoms with van der Waals surface area (Å²) in [5.41, 5.74) is 1.64. The predicted octanol–water partition coefficient (Wildman–Crippen LogP) is 5.28. The summed E-state index contributed by atoms with van der Waals surface area (Å²) in [7, 11) is 0. The van der Waals surface area contributed by atoms with E-state index in [0.717, 1.165) is 50.3 Å². The number of hydrogen-bond donors (Lipinski definition) is 1. The topological polar surface area (TPSA) is 44.3 Å². The second-order valence-electron chi connectivity index (χ2n) is 10.1. The zero-order valence-electron chi connectivity index (χ0n) is 19.6. The molecule has 1 aromatic rings. The SMILES string of the molecule is CC(C)C=CCC1=CCC(CN2CC(Nc3nccc(N4CCCCCC4)n3)C2)CC1. The molecule has 1 N–H and O–H groups in total. The van der Waals surface area contributed by atoms with Crippen LogP contribution in [0.15, 0.2) is 36.1 Å². The second-order valence-corrected chi connectivity index (χ2v) is 10.1. The molecule has 2 aliphatic heterocycles. The lowest BCUT2D eigenvalue weighted by atomic mass is 9.87. The number of hydrogen-bond acceptors (Lipinski definition) is 5. The molecule has 3 heterocycles. The van der Waals surface area contributed by atoms with Gasteiger partial charge in [-0.2, -0.15) is 4.98 Å². The minimum absolute atomic E-state index is 0.482. The zero-order valence-corrected chi connectivity index (χ0v) is 19.6. The number of rotatable bonds is 8. The Labute approximate surface area is 189 Å². The maximum absolute atomic E-state index is 4.82. The molecular formula is C26H41N5. The van der Waals surface area contributed by atoms with E-state index in [1.54, 1.807) is 5.57 Å². The molecule has 0 saturated carbocycles. The summed E-state index contributed by atoms with van der Waals surface area (Å²) < 4.78 is 0. The highest BCUT2D eigenvalue weighted by molar-refractivity contribution is 5.43. The first-order valence-electron chi connectivity index (χ1n) is 12.6. The van der Waals surface area contributed by atoms with Crippen LogP contribution in [0.25, 0.3) is 0 Å². The number of aromatic nitrogens is 2. The predicted molar refractivity (Wildman–Crippen MR) is 131 cm³/mol. The van der Waals surface area contributed by atoms with Crippen molar-refractivity contribution in [3.63, 3.8) is 0 Å². The van der Waals surface area contributed by atoms with Crippen molar-refractivity contribution in [3.05, 3.63) is 36.1 Å². The standard InChI is InChI=1S/C26H41N5/c1-21(2)8-7-9-22-10-12-23(13-11-22)18-30-19-24(20-30)28-26-27-15-14-25(29-26)31-16-5-3-4-6-17-31/h7-8,10,14-15,21,23-24H,3-6,9,11-13,16-20H2,1-2H3,(H,27,28,29). The average molecular weight is 424 g/mol. The molecule has 2 saturated heterocycles. The Morgan fingerprint density at radius 3 is 2.68 bits per heavy atom. The molecule has 1 atom stereocenters. The van der Waals surface area contributed by atoms with Crippen LogP contribution >= 0.6 is 0 Å². The number of likely N-dealkylation sites (tertiary alicyclic amines) is 1. The lowest BCUT2D eigenvalue weighted by Gasteiger charge is -2.42. The third-order valence-corrected chi connectivity index (χ3v) is 6.89. The summed E-state index contributed by atoms with van der Waals surface area (Å²) in [6, 6.07) is 2.54. The van der Waals surface area contributed by atoms with Gasteiger partial charge in [0, 0.05) is 38.9 Å². The third-order valence-electron chi connectivity index (χ3n) is 6.89. The van der Waals surface area contributed by atoms with E-state index in [-0.39, 0.29) is 0 Å². The van der Waals surface area contributed by atoms with Gasteiger partial charge in [-0.15, -0.1) is 0 Å². The van der Waals surface area contributed by atoms with Crippen LogP contribution in [0.5, 0.6) is 0 Å². The van der Waals surface area contributed by atoms with E-state index < -0.39 is 0 Å². The molecule has 0 spiro atoms. The van der Waals surface area contributed by atoms with Crippen LogP contribution in [0.4, 0.5) is 11.8 Å². The summed E-state index contributed by atoms with van der Waals surface area (Å²) >= 11 is 0. The zero-order chi connectivity index (χ0) is 21.5. The van der Waals surface area contributed by atoms with Crippen molar-refractivity contribution in [1.82, 2.24) is 14.9 Å². The first kappa shape index (κ1) is 22.3. The summed E-state index contributed by atoms with van der Waals surface area (Å²) in [6.45, 7) is 10.2. The smallest absolute Gasteiger partial charge is 0.224 e. The molecule has 3 aliphatic rings. The molecule has 1 aliphatic carbocycles. The number of anilines is 2. The van der Waals surface area contributed by atoms with E-state index in [2.05, 4.69) is 58.2 Å². The fourth-order valence-corrected chi connectivity index (χ4v) is 5.04. The van der Waals surface area contributed by atoms with E-state index in [1.807, 2.05) is 6.20 Å². The summed E-state index contributed by atoms with van der Waals surface area (Å²) in [5, 5.41) is 3.57. The van der Waals surface area contributed by atoms with Gasteiger partial charge >= 0.3 is 0 Å². The summed E-state index contributed by atoms with van der Waals surface area (Å²) in [5.74, 6) is 3.36. The van der Waals surface area contributed by atoms with Gasteiger partial charge in [-0.25, -0.2) is 4.98 Å². The molecule has 4 rings (SSSR count). The van der Waals surface area contributed by atoms with E-state index in [0.29, 0.717) is 12.0 Å². The lowest BCUT2D eigenvalue weighted by Crippen LogP contribution is -2.56. The molecule has 1 aromatic heterocycles. The lowest BCUT2D eigenvalue weighted by molar-refractivity contribution is 0.131. The molecule has 0 amide bonds. The van der Waals surface area contributed by atoms with Gasteiger partial charge in [0.25, 0.3) is 0 Å². The van der Waals surface area contributed by atoms with Crippen LogP contribution in [0.2, 0.25) is 0 Å². The van der Waals surface area contributed by atoms with Crippen molar-refractivity contribution in [2.45, 2.75) is 71.3 Å². The molecule has 31 heavy (non-hydrogen) atoms. The molecule has 2 fully saturated rings. The fourth-order valence-electron chi connectivity index (χ4n) is 5.04. The normalized spacial score (nSPS) is 23.6. The van der Waals surface area contributed by atoms with Gasteiger partial charge in [0.1, 0.15) is 5.82 Å². The quantitative estimate of drug-likeness (QED) is 0.576. The average Bonchev–Trinajstić information content (AvgIpc) is 3.03. The Bertz CT molecular complexity index is 742. The number of nitrogens with one attached hydrogen (secondary N) is 1. The third kappa shape index (κ3) is 6.80. The van der Waals surface area contributed by atoms with Gasteiger partial charge in [-0.3, -0.25) is 4.90 Å². The van der Waals surface area contributed by atoms with Crippen LogP contribution in [0, 0.1) is 11.8 Å². The van der Waals surface area contributed by atoms with Crippen molar-refractivity contribution in [2.75, 3.05) is 42.9 Å². The van der Waals surface area contributed by atoms with Crippen molar-refractivity contribution in [1.29, 1.82) is 0 Å². The largest absolute Gasteiger partial charge is 0.356 e. The van der Waals surface area contributed by atoms with Gasteiger partial charge in [-0.05, 0) is 56.4 Å². The Kier molecular flexibility index (Phi) is 8.01. The Balaban J connectivity index is 1.18. The maximum atomic E-state index is 4.82. The minimum Gasteiger partial charge on any atom is -0.356 e. The van der Waals surface area contributed by atoms with Crippen LogP contribution in [-0.2, 0) is 0 Å². The Hall–Kier alpha value is -1.88. The van der Waals surface area contributed by atoms with Crippen LogP contribution in [0.1, 0.15) is 65.2 Å². The molecule has 1 unspecified atom stereocenters. The van der Waals surface area contributed by atoms with E-state index in [1.165, 1.54) is 51.5 Å². The minimum atomic E-state index is 0.482. The van der Waals surface area contributed by atoms with E-state index in [4.69, 9.17) is 4.98 Å². The maximum Gasteiger partial charge on any atom is 0.224 e. The monoisotopic (exact) mass is 423 g/mol. The Morgan fingerprint density at radius 1 is 1.16 bits per heavy atom. The highest BCUT2D eigenvalue weighted by Crippen LogP contribution is 2.28. The molecule has 0 aromatic carbocycles. The van der Waals surface area contributed by atoms with Crippen molar-refractivity contribution in [3.8, 4) is 0 Å². The molecule has 5 heteroatoms. The van der Waals surface area contributed by atoms with Gasteiger partial charge in [-0.1, -0.05) is 50.5 Å². The van der Waals surface area contributed by atoms with Gasteiger partial charge < -0.3 is 10.2 Å². The van der Waals surface area contributed by atoms with Crippen molar-refractivity contribution < 1.29 is 0 Å². The van der Waals surface area contributed by atoms with Gasteiger partial charge in [0.2, 0.25) is 5.95 Å². The van der Waals surface area contributed by atoms with Crippen LogP contribution < -0.4 is 10.2 Å². The van der Waals surface area contributed by atoms with E-state index >= 15 is 0 Å². The molecular weight excluding hydrogens is 382 g/mol.